The molecule has 2 aromatic heterocycles. The van der Waals surface area contributed by atoms with Crippen molar-refractivity contribution < 1.29 is 18.3 Å². The highest BCUT2D eigenvalue weighted by Gasteiger charge is 2.26. The van der Waals surface area contributed by atoms with Gasteiger partial charge in [0.2, 0.25) is 0 Å². The van der Waals surface area contributed by atoms with Gasteiger partial charge < -0.3 is 9.84 Å². The lowest BCUT2D eigenvalue weighted by atomic mass is 10.1. The zero-order chi connectivity index (χ0) is 22.3. The van der Waals surface area contributed by atoms with E-state index in [1.54, 1.807) is 55.0 Å². The molecular weight excluding hydrogens is 442 g/mol. The van der Waals surface area contributed by atoms with E-state index in [4.69, 9.17) is 16.3 Å². The lowest BCUT2D eigenvalue weighted by Gasteiger charge is -2.24. The summed E-state index contributed by atoms with van der Waals surface area (Å²) in [6.45, 7) is 2.30. The SMILES string of the molecule is C[C@H]1COCCN(C)C(O)c2c(cnn2C)/C=C/c2[nH]nc3c(Cl)cc(cc23)S1(=O)=O. The zero-order valence-electron chi connectivity index (χ0n) is 17.4. The number of aryl methyl sites for hydroxylation is 1. The van der Waals surface area contributed by atoms with Crippen LogP contribution >= 0.6 is 11.6 Å². The van der Waals surface area contributed by atoms with Gasteiger partial charge in [-0.05, 0) is 38.3 Å². The number of rotatable bonds is 0. The van der Waals surface area contributed by atoms with Crippen molar-refractivity contribution in [2.24, 2.45) is 7.05 Å². The summed E-state index contributed by atoms with van der Waals surface area (Å²) >= 11 is 6.35. The Balaban J connectivity index is 1.88. The largest absolute Gasteiger partial charge is 0.379 e. The number of sulfone groups is 1. The fraction of sp³-hybridized carbons (Fsp3) is 0.400. The van der Waals surface area contributed by atoms with Crippen LogP contribution in [0.1, 0.15) is 30.1 Å². The predicted octanol–water partition coefficient (Wildman–Crippen LogP) is 2.24. The quantitative estimate of drug-likeness (QED) is 0.523. The molecule has 1 aliphatic rings. The van der Waals surface area contributed by atoms with Crippen LogP contribution in [0.3, 0.4) is 0 Å². The molecule has 166 valence electrons. The van der Waals surface area contributed by atoms with E-state index in [2.05, 4.69) is 15.3 Å². The van der Waals surface area contributed by atoms with E-state index in [-0.39, 0.29) is 23.1 Å². The third-order valence-corrected chi connectivity index (χ3v) is 7.90. The normalized spacial score (nSPS) is 23.8. The summed E-state index contributed by atoms with van der Waals surface area (Å²) in [5, 5.41) is 22.3. The Kier molecular flexibility index (Phi) is 5.93. The van der Waals surface area contributed by atoms with Crippen LogP contribution in [0.25, 0.3) is 23.1 Å². The standard InChI is InChI=1S/C20H24ClN5O4S/c1-12-11-30-7-6-25(2)20(27)19-13(10-22-26(19)3)4-5-17-15-8-14(31(12,28)29)9-16(21)18(15)24-23-17/h4-5,8-10,12,20,27H,6-7,11H2,1-3H3,(H,23,24)/b5-4+/t12-,20?/m0/s1. The highest BCUT2D eigenvalue weighted by Crippen LogP contribution is 2.31. The maximum absolute atomic E-state index is 13.1. The van der Waals surface area contributed by atoms with Gasteiger partial charge in [0.15, 0.2) is 16.1 Å². The molecule has 0 amide bonds. The molecule has 3 aromatic rings. The first-order valence-corrected chi connectivity index (χ1v) is 11.7. The Hall–Kier alpha value is -2.24. The summed E-state index contributed by atoms with van der Waals surface area (Å²) in [6, 6.07) is 3.01. The molecule has 0 aliphatic carbocycles. The lowest BCUT2D eigenvalue weighted by Crippen LogP contribution is -2.31. The second kappa shape index (κ2) is 8.36. The van der Waals surface area contributed by atoms with Crippen LogP contribution in [0.4, 0.5) is 0 Å². The molecule has 1 aromatic carbocycles. The van der Waals surface area contributed by atoms with E-state index in [1.807, 2.05) is 0 Å². The summed E-state index contributed by atoms with van der Waals surface area (Å²) in [6.07, 6.45) is 4.32. The molecule has 4 rings (SSSR count). The maximum atomic E-state index is 13.1. The Labute approximate surface area is 185 Å². The molecule has 2 atom stereocenters. The molecule has 0 saturated carbocycles. The number of aliphatic hydroxyl groups excluding tert-OH is 1. The second-order valence-corrected chi connectivity index (χ2v) is 10.4. The van der Waals surface area contributed by atoms with Crippen molar-refractivity contribution in [2.75, 3.05) is 26.8 Å². The molecule has 2 N–H and O–H groups in total. The molecule has 11 heteroatoms. The van der Waals surface area contributed by atoms with E-state index in [1.165, 1.54) is 6.07 Å². The minimum atomic E-state index is -3.66. The number of hydrogen-bond donors (Lipinski definition) is 2. The molecule has 0 saturated heterocycles. The number of halogens is 1. The van der Waals surface area contributed by atoms with Crippen molar-refractivity contribution in [3.63, 3.8) is 0 Å². The van der Waals surface area contributed by atoms with Gasteiger partial charge in [-0.15, -0.1) is 0 Å². The van der Waals surface area contributed by atoms with Gasteiger partial charge in [0.25, 0.3) is 0 Å². The Morgan fingerprint density at radius 2 is 2.06 bits per heavy atom. The van der Waals surface area contributed by atoms with Crippen LogP contribution < -0.4 is 0 Å². The highest BCUT2D eigenvalue weighted by atomic mass is 35.5. The van der Waals surface area contributed by atoms with Gasteiger partial charge >= 0.3 is 0 Å². The number of hydrogen-bond acceptors (Lipinski definition) is 7. The van der Waals surface area contributed by atoms with Gasteiger partial charge in [0, 0.05) is 24.5 Å². The number of nitrogens with one attached hydrogen (secondary N) is 1. The third-order valence-electron chi connectivity index (χ3n) is 5.52. The monoisotopic (exact) mass is 465 g/mol. The van der Waals surface area contributed by atoms with Crippen LogP contribution in [0.2, 0.25) is 5.02 Å². The van der Waals surface area contributed by atoms with Gasteiger partial charge in [-0.2, -0.15) is 10.2 Å². The van der Waals surface area contributed by atoms with Gasteiger partial charge in [0.05, 0.1) is 46.0 Å². The number of aromatic nitrogens is 4. The Morgan fingerprint density at radius 1 is 1.29 bits per heavy atom. The molecule has 0 spiro atoms. The summed E-state index contributed by atoms with van der Waals surface area (Å²) in [4.78, 5) is 1.84. The molecule has 2 bridgehead atoms. The van der Waals surface area contributed by atoms with Crippen molar-refractivity contribution in [3.8, 4) is 0 Å². The molecule has 0 fully saturated rings. The van der Waals surface area contributed by atoms with Crippen molar-refractivity contribution in [1.82, 2.24) is 24.9 Å². The van der Waals surface area contributed by atoms with Crippen LogP contribution in [0.5, 0.6) is 0 Å². The number of aliphatic hydroxyl groups is 1. The van der Waals surface area contributed by atoms with E-state index in [9.17, 15) is 13.5 Å². The third kappa shape index (κ3) is 4.01. The van der Waals surface area contributed by atoms with Gasteiger partial charge in [-0.1, -0.05) is 11.6 Å². The van der Waals surface area contributed by atoms with Crippen LogP contribution in [0, 0.1) is 0 Å². The Bertz CT molecular complexity index is 1250. The van der Waals surface area contributed by atoms with Crippen LogP contribution in [-0.4, -0.2) is 70.5 Å². The maximum Gasteiger partial charge on any atom is 0.183 e. The average molecular weight is 466 g/mol. The number of H-pyrrole nitrogens is 1. The number of benzene rings is 1. The van der Waals surface area contributed by atoms with Gasteiger partial charge in [-0.25, -0.2) is 8.42 Å². The van der Waals surface area contributed by atoms with Crippen LogP contribution in [0.15, 0.2) is 23.2 Å². The number of fused-ring (bicyclic) bond motifs is 2. The second-order valence-electron chi connectivity index (χ2n) is 7.67. The first-order valence-electron chi connectivity index (χ1n) is 9.77. The Morgan fingerprint density at radius 3 is 2.84 bits per heavy atom. The van der Waals surface area contributed by atoms with E-state index < -0.39 is 21.3 Å². The first-order chi connectivity index (χ1) is 14.7. The summed E-state index contributed by atoms with van der Waals surface area (Å²) in [5.74, 6) is 0. The molecular formula is C20H24ClN5O4S. The van der Waals surface area contributed by atoms with Gasteiger partial charge in [0.1, 0.15) is 5.52 Å². The fourth-order valence-electron chi connectivity index (χ4n) is 3.55. The molecule has 1 unspecified atom stereocenters. The number of likely N-dealkylation sites (N-methyl/N-ethyl adjacent to an activating group) is 1. The zero-order valence-corrected chi connectivity index (χ0v) is 19.0. The van der Waals surface area contributed by atoms with Crippen molar-refractivity contribution >= 4 is 44.5 Å². The summed E-state index contributed by atoms with van der Waals surface area (Å²) < 4.78 is 33.4. The molecule has 0 radical (unpaired) electrons. The fourth-order valence-corrected chi connectivity index (χ4v) is 5.18. The summed E-state index contributed by atoms with van der Waals surface area (Å²) in [5.41, 5.74) is 2.43. The molecule has 3 heterocycles. The minimum absolute atomic E-state index is 0.0248. The first kappa shape index (κ1) is 22.0. The average Bonchev–Trinajstić information content (AvgIpc) is 3.31. The van der Waals surface area contributed by atoms with Crippen molar-refractivity contribution in [3.05, 3.63) is 40.3 Å². The minimum Gasteiger partial charge on any atom is -0.379 e. The predicted molar refractivity (Wildman–Crippen MR) is 118 cm³/mol. The lowest BCUT2D eigenvalue weighted by molar-refractivity contribution is -0.00470. The van der Waals surface area contributed by atoms with E-state index >= 15 is 0 Å². The van der Waals surface area contributed by atoms with E-state index in [0.717, 1.165) is 5.56 Å². The topological polar surface area (TPSA) is 113 Å². The highest BCUT2D eigenvalue weighted by molar-refractivity contribution is 7.92. The molecule has 1 aliphatic heterocycles. The summed E-state index contributed by atoms with van der Waals surface area (Å²) in [7, 11) is -0.129. The van der Waals surface area contributed by atoms with Gasteiger partial charge in [-0.3, -0.25) is 14.7 Å². The molecule has 9 nitrogen and oxygen atoms in total. The number of ether oxygens (including phenoxy) is 1. The number of aromatic amines is 1. The smallest absolute Gasteiger partial charge is 0.183 e. The molecule has 31 heavy (non-hydrogen) atoms. The van der Waals surface area contributed by atoms with Crippen molar-refractivity contribution in [2.45, 2.75) is 23.3 Å². The van der Waals surface area contributed by atoms with Crippen molar-refractivity contribution in [1.29, 1.82) is 0 Å². The van der Waals surface area contributed by atoms with E-state index in [0.29, 0.717) is 28.8 Å². The van der Waals surface area contributed by atoms with Crippen LogP contribution in [-0.2, 0) is 21.6 Å². The number of nitrogens with zero attached hydrogens (tertiary/aromatic N) is 4.